The maximum atomic E-state index is 5.46. The number of hydrogen-bond donors (Lipinski definition) is 2. The molecule has 1 aromatic heterocycles. The third-order valence-electron chi connectivity index (χ3n) is 2.09. The fraction of sp³-hybridized carbons (Fsp3) is 0.600. The van der Waals surface area contributed by atoms with Crippen LogP contribution in [0.15, 0.2) is 12.1 Å². The molecule has 0 amide bonds. The molecule has 1 heterocycles. The maximum Gasteiger partial charge on any atom is 0.148 e. The third kappa shape index (κ3) is 3.70. The number of nitrogens with one attached hydrogen (secondary N) is 1. The van der Waals surface area contributed by atoms with Crippen LogP contribution in [0.3, 0.4) is 0 Å². The van der Waals surface area contributed by atoms with Gasteiger partial charge in [-0.15, -0.1) is 5.10 Å². The second-order valence-electron chi connectivity index (χ2n) is 3.62. The number of aromatic nitrogens is 2. The summed E-state index contributed by atoms with van der Waals surface area (Å²) in [6.45, 7) is 5.73. The van der Waals surface area contributed by atoms with Crippen molar-refractivity contribution in [3.63, 3.8) is 0 Å². The first kappa shape index (κ1) is 10.9. The molecule has 0 saturated carbocycles. The van der Waals surface area contributed by atoms with E-state index in [1.165, 1.54) is 0 Å². The van der Waals surface area contributed by atoms with E-state index in [0.29, 0.717) is 5.92 Å². The van der Waals surface area contributed by atoms with Crippen molar-refractivity contribution in [2.24, 2.45) is 11.7 Å². The molecule has 0 spiro atoms. The monoisotopic (exact) mass is 194 g/mol. The summed E-state index contributed by atoms with van der Waals surface area (Å²) < 4.78 is 0. The lowest BCUT2D eigenvalue weighted by Gasteiger charge is -2.11. The number of aryl methyl sites for hydroxylation is 1. The summed E-state index contributed by atoms with van der Waals surface area (Å²) in [7, 11) is 0. The van der Waals surface area contributed by atoms with Crippen LogP contribution in [-0.2, 0) is 0 Å². The van der Waals surface area contributed by atoms with Crippen LogP contribution in [0.25, 0.3) is 0 Å². The standard InChI is InChI=1S/C10H18N4/c1-8(5-6-11)7-12-10-4-3-9(2)13-14-10/h3-4,8H,5-7,11H2,1-2H3,(H,12,14). The topological polar surface area (TPSA) is 63.8 Å². The highest BCUT2D eigenvalue weighted by Gasteiger charge is 2.00. The van der Waals surface area contributed by atoms with E-state index in [9.17, 15) is 0 Å². The highest BCUT2D eigenvalue weighted by Crippen LogP contribution is 2.04. The Hall–Kier alpha value is -1.16. The van der Waals surface area contributed by atoms with E-state index in [2.05, 4.69) is 22.4 Å². The molecule has 4 heteroatoms. The van der Waals surface area contributed by atoms with Gasteiger partial charge in [0.05, 0.1) is 5.69 Å². The van der Waals surface area contributed by atoms with Crippen LogP contribution in [0.2, 0.25) is 0 Å². The van der Waals surface area contributed by atoms with Crippen LogP contribution >= 0.6 is 0 Å². The Balaban J connectivity index is 2.34. The molecule has 0 aromatic carbocycles. The zero-order valence-corrected chi connectivity index (χ0v) is 8.83. The van der Waals surface area contributed by atoms with Gasteiger partial charge < -0.3 is 11.1 Å². The van der Waals surface area contributed by atoms with Crippen molar-refractivity contribution in [2.75, 3.05) is 18.4 Å². The van der Waals surface area contributed by atoms with Crippen LogP contribution in [0.4, 0.5) is 5.82 Å². The fourth-order valence-corrected chi connectivity index (χ4v) is 1.16. The summed E-state index contributed by atoms with van der Waals surface area (Å²) in [5, 5.41) is 11.2. The minimum atomic E-state index is 0.572. The highest BCUT2D eigenvalue weighted by atomic mass is 15.2. The predicted molar refractivity (Wildman–Crippen MR) is 58.1 cm³/mol. The fourth-order valence-electron chi connectivity index (χ4n) is 1.16. The van der Waals surface area contributed by atoms with Crippen molar-refractivity contribution in [1.82, 2.24) is 10.2 Å². The van der Waals surface area contributed by atoms with E-state index in [1.54, 1.807) is 0 Å². The van der Waals surface area contributed by atoms with Gasteiger partial charge >= 0.3 is 0 Å². The Bertz CT molecular complexity index is 257. The normalized spacial score (nSPS) is 12.5. The van der Waals surface area contributed by atoms with Crippen LogP contribution in [0.5, 0.6) is 0 Å². The molecule has 1 unspecified atom stereocenters. The molecule has 1 rings (SSSR count). The lowest BCUT2D eigenvalue weighted by Crippen LogP contribution is -2.15. The van der Waals surface area contributed by atoms with Crippen LogP contribution in [-0.4, -0.2) is 23.3 Å². The first-order valence-electron chi connectivity index (χ1n) is 4.96. The molecule has 1 aromatic rings. The highest BCUT2D eigenvalue weighted by molar-refractivity contribution is 5.32. The van der Waals surface area contributed by atoms with Gasteiger partial charge in [0, 0.05) is 6.54 Å². The average molecular weight is 194 g/mol. The molecule has 0 aliphatic rings. The molecule has 3 N–H and O–H groups in total. The number of rotatable bonds is 5. The van der Waals surface area contributed by atoms with E-state index < -0.39 is 0 Å². The number of nitrogens with zero attached hydrogens (tertiary/aromatic N) is 2. The van der Waals surface area contributed by atoms with E-state index in [1.807, 2.05) is 19.1 Å². The van der Waals surface area contributed by atoms with E-state index in [4.69, 9.17) is 5.73 Å². The van der Waals surface area contributed by atoms with Gasteiger partial charge in [-0.1, -0.05) is 6.92 Å². The van der Waals surface area contributed by atoms with Crippen molar-refractivity contribution >= 4 is 5.82 Å². The summed E-state index contributed by atoms with van der Waals surface area (Å²) in [5.74, 6) is 1.41. The molecule has 0 aliphatic heterocycles. The molecule has 0 saturated heterocycles. The van der Waals surface area contributed by atoms with E-state index in [-0.39, 0.29) is 0 Å². The quantitative estimate of drug-likeness (QED) is 0.739. The van der Waals surface area contributed by atoms with Gasteiger partial charge in [0.15, 0.2) is 0 Å². The van der Waals surface area contributed by atoms with Gasteiger partial charge in [-0.05, 0) is 37.9 Å². The van der Waals surface area contributed by atoms with Gasteiger partial charge in [0.25, 0.3) is 0 Å². The molecule has 1 atom stereocenters. The van der Waals surface area contributed by atoms with Crippen molar-refractivity contribution < 1.29 is 0 Å². The second kappa shape index (κ2) is 5.54. The molecule has 0 fully saturated rings. The van der Waals surface area contributed by atoms with E-state index in [0.717, 1.165) is 31.0 Å². The molecule has 0 aliphatic carbocycles. The maximum absolute atomic E-state index is 5.46. The van der Waals surface area contributed by atoms with Crippen LogP contribution in [0.1, 0.15) is 19.0 Å². The Labute approximate surface area is 84.9 Å². The zero-order valence-electron chi connectivity index (χ0n) is 8.83. The first-order chi connectivity index (χ1) is 6.72. The minimum Gasteiger partial charge on any atom is -0.368 e. The molecule has 78 valence electrons. The predicted octanol–water partition coefficient (Wildman–Crippen LogP) is 1.18. The summed E-state index contributed by atoms with van der Waals surface area (Å²) in [5.41, 5.74) is 6.40. The zero-order chi connectivity index (χ0) is 10.4. The SMILES string of the molecule is Cc1ccc(NCC(C)CCN)nn1. The molecular formula is C10H18N4. The number of nitrogens with two attached hydrogens (primary N) is 1. The summed E-state index contributed by atoms with van der Waals surface area (Å²) >= 11 is 0. The van der Waals surface area contributed by atoms with Crippen molar-refractivity contribution in [2.45, 2.75) is 20.3 Å². The van der Waals surface area contributed by atoms with Crippen molar-refractivity contribution in [1.29, 1.82) is 0 Å². The summed E-state index contributed by atoms with van der Waals surface area (Å²) in [4.78, 5) is 0. The van der Waals surface area contributed by atoms with Crippen LogP contribution < -0.4 is 11.1 Å². The first-order valence-corrected chi connectivity index (χ1v) is 4.96. The average Bonchev–Trinajstić information content (AvgIpc) is 2.17. The molecule has 4 nitrogen and oxygen atoms in total. The molecule has 14 heavy (non-hydrogen) atoms. The Morgan fingerprint density at radius 3 is 2.79 bits per heavy atom. The Kier molecular flexibility index (Phi) is 4.32. The van der Waals surface area contributed by atoms with Crippen molar-refractivity contribution in [3.8, 4) is 0 Å². The van der Waals surface area contributed by atoms with Gasteiger partial charge in [0.1, 0.15) is 5.82 Å². The van der Waals surface area contributed by atoms with Gasteiger partial charge in [-0.2, -0.15) is 5.10 Å². The largest absolute Gasteiger partial charge is 0.368 e. The lowest BCUT2D eigenvalue weighted by atomic mass is 10.1. The third-order valence-corrected chi connectivity index (χ3v) is 2.09. The molecular weight excluding hydrogens is 176 g/mol. The summed E-state index contributed by atoms with van der Waals surface area (Å²) in [6, 6.07) is 3.89. The smallest absolute Gasteiger partial charge is 0.148 e. The summed E-state index contributed by atoms with van der Waals surface area (Å²) in [6.07, 6.45) is 1.03. The van der Waals surface area contributed by atoms with E-state index >= 15 is 0 Å². The van der Waals surface area contributed by atoms with Gasteiger partial charge in [0.2, 0.25) is 0 Å². The minimum absolute atomic E-state index is 0.572. The lowest BCUT2D eigenvalue weighted by molar-refractivity contribution is 0.567. The number of hydrogen-bond acceptors (Lipinski definition) is 4. The Morgan fingerprint density at radius 1 is 1.43 bits per heavy atom. The second-order valence-corrected chi connectivity index (χ2v) is 3.62. The van der Waals surface area contributed by atoms with Crippen molar-refractivity contribution in [3.05, 3.63) is 17.8 Å². The van der Waals surface area contributed by atoms with Gasteiger partial charge in [-0.3, -0.25) is 0 Å². The molecule has 0 bridgehead atoms. The molecule has 0 radical (unpaired) electrons. The number of anilines is 1. The Morgan fingerprint density at radius 2 is 2.21 bits per heavy atom. The van der Waals surface area contributed by atoms with Gasteiger partial charge in [-0.25, -0.2) is 0 Å². The van der Waals surface area contributed by atoms with Crippen LogP contribution in [0, 0.1) is 12.8 Å².